The van der Waals surface area contributed by atoms with Crippen molar-refractivity contribution in [3.05, 3.63) is 58.9 Å². The van der Waals surface area contributed by atoms with E-state index in [0.29, 0.717) is 29.1 Å². The number of rotatable bonds is 7. The van der Waals surface area contributed by atoms with Gasteiger partial charge in [-0.05, 0) is 17.7 Å². The lowest BCUT2D eigenvalue weighted by Gasteiger charge is -2.32. The monoisotopic (exact) mass is 533 g/mol. The van der Waals surface area contributed by atoms with Gasteiger partial charge in [0, 0.05) is 48.8 Å². The molecular weight excluding hydrogens is 512 g/mol. The largest absolute Gasteiger partial charge is 0.493 e. The van der Waals surface area contributed by atoms with Crippen molar-refractivity contribution in [2.75, 3.05) is 13.2 Å². The quantitative estimate of drug-likeness (QED) is 0.471. The maximum absolute atomic E-state index is 13.1. The molecule has 0 radical (unpaired) electrons. The molecule has 0 saturated carbocycles. The fourth-order valence-electron chi connectivity index (χ4n) is 4.35. The maximum atomic E-state index is 13.1. The Morgan fingerprint density at radius 3 is 2.84 bits per heavy atom. The Bertz CT molecular complexity index is 1320. The maximum Gasteiger partial charge on any atom is 0.410 e. The summed E-state index contributed by atoms with van der Waals surface area (Å²) in [7, 11) is 0. The van der Waals surface area contributed by atoms with Crippen molar-refractivity contribution in [3.63, 3.8) is 0 Å². The second kappa shape index (κ2) is 10.2. The molecule has 2 aromatic heterocycles. The van der Waals surface area contributed by atoms with Gasteiger partial charge in [0.05, 0.1) is 12.2 Å². The number of ether oxygens (including phenoxy) is 2. The van der Waals surface area contributed by atoms with Crippen LogP contribution in [0.3, 0.4) is 0 Å². The van der Waals surface area contributed by atoms with Crippen LogP contribution in [-0.4, -0.2) is 62.1 Å². The predicted molar refractivity (Wildman–Crippen MR) is 126 cm³/mol. The molecule has 2 aliphatic rings. The van der Waals surface area contributed by atoms with Gasteiger partial charge in [-0.3, -0.25) is 4.79 Å². The van der Waals surface area contributed by atoms with Crippen LogP contribution in [0, 0.1) is 0 Å². The topological polar surface area (TPSA) is 119 Å². The molecule has 10 nitrogen and oxygen atoms in total. The lowest BCUT2D eigenvalue weighted by molar-refractivity contribution is 0.0566. The fourth-order valence-corrected chi connectivity index (χ4v) is 4.47. The first-order chi connectivity index (χ1) is 17.8. The highest BCUT2D eigenvalue weighted by Crippen LogP contribution is 2.36. The SMILES string of the molecule is O=C(NCc1ccc(Cl)cc1)c1cc(O[C@H]2CCN3C(=O)OC[C@@H]3C2)c(-c2cnn(C(F)F)c2)nc1O. The molecular formula is C24H22ClF2N5O5. The molecule has 194 valence electrons. The minimum absolute atomic E-state index is 0.0554. The minimum atomic E-state index is -2.87. The standard InChI is InChI=1S/C24H22ClF2N5O5/c25-15-3-1-13(2-4-15)9-28-21(33)18-8-19(37-17-5-6-31-16(7-17)12-36-24(31)35)20(30-22(18)34)14-10-29-32(11-14)23(26)27/h1-4,8,10-11,16-17,23H,5-7,9,12H2,(H,28,33)(H,30,34)/t16-,17-/m0/s1. The summed E-state index contributed by atoms with van der Waals surface area (Å²) in [6, 6.07) is 8.07. The Morgan fingerprint density at radius 1 is 1.32 bits per heavy atom. The lowest BCUT2D eigenvalue weighted by Crippen LogP contribution is -2.44. The number of hydrogen-bond donors (Lipinski definition) is 2. The highest BCUT2D eigenvalue weighted by Gasteiger charge is 2.39. The van der Waals surface area contributed by atoms with Crippen molar-refractivity contribution >= 4 is 23.6 Å². The number of halogens is 3. The Labute approximate surface area is 214 Å². The second-order valence-electron chi connectivity index (χ2n) is 8.69. The third-order valence-corrected chi connectivity index (χ3v) is 6.50. The Balaban J connectivity index is 1.41. The minimum Gasteiger partial charge on any atom is -0.493 e. The molecule has 2 saturated heterocycles. The van der Waals surface area contributed by atoms with E-state index in [9.17, 15) is 23.5 Å². The molecule has 37 heavy (non-hydrogen) atoms. The molecule has 2 aliphatic heterocycles. The zero-order valence-corrected chi connectivity index (χ0v) is 20.1. The number of aromatic nitrogens is 3. The highest BCUT2D eigenvalue weighted by atomic mass is 35.5. The van der Waals surface area contributed by atoms with E-state index in [1.807, 2.05) is 0 Å². The van der Waals surface area contributed by atoms with Gasteiger partial charge in [0.1, 0.15) is 29.7 Å². The van der Waals surface area contributed by atoms with Crippen LogP contribution in [0.5, 0.6) is 11.6 Å². The normalized spacial score (nSPS) is 19.0. The van der Waals surface area contributed by atoms with Gasteiger partial charge in [0.2, 0.25) is 5.88 Å². The van der Waals surface area contributed by atoms with Gasteiger partial charge in [-0.2, -0.15) is 13.9 Å². The molecule has 0 unspecified atom stereocenters. The van der Waals surface area contributed by atoms with Crippen molar-refractivity contribution in [1.29, 1.82) is 0 Å². The predicted octanol–water partition coefficient (Wildman–Crippen LogP) is 3.99. The van der Waals surface area contributed by atoms with Gasteiger partial charge < -0.3 is 24.8 Å². The number of piperidine rings is 1. The van der Waals surface area contributed by atoms with Gasteiger partial charge in [-0.15, -0.1) is 0 Å². The summed E-state index contributed by atoms with van der Waals surface area (Å²) in [6.45, 7) is -2.03. The summed E-state index contributed by atoms with van der Waals surface area (Å²) >= 11 is 5.89. The van der Waals surface area contributed by atoms with Crippen LogP contribution in [0.15, 0.2) is 42.7 Å². The van der Waals surface area contributed by atoms with Crippen LogP contribution >= 0.6 is 11.6 Å². The van der Waals surface area contributed by atoms with Gasteiger partial charge in [-0.25, -0.2) is 14.5 Å². The molecule has 13 heteroatoms. The number of benzene rings is 1. The zero-order chi connectivity index (χ0) is 26.1. The van der Waals surface area contributed by atoms with E-state index in [1.165, 1.54) is 12.3 Å². The van der Waals surface area contributed by atoms with E-state index in [4.69, 9.17) is 21.1 Å². The van der Waals surface area contributed by atoms with Crippen LogP contribution in [0.2, 0.25) is 5.02 Å². The Kier molecular flexibility index (Phi) is 6.83. The van der Waals surface area contributed by atoms with E-state index < -0.39 is 18.3 Å². The second-order valence-corrected chi connectivity index (χ2v) is 9.13. The number of nitrogens with zero attached hydrogens (tertiary/aromatic N) is 4. The molecule has 0 bridgehead atoms. The van der Waals surface area contributed by atoms with Crippen LogP contribution in [0.1, 0.15) is 35.3 Å². The number of carbonyl (C=O) groups is 2. The first kappa shape index (κ1) is 24.8. The van der Waals surface area contributed by atoms with E-state index in [1.54, 1.807) is 29.2 Å². The molecule has 2 N–H and O–H groups in total. The Hall–Kier alpha value is -3.93. The molecule has 2 amide bonds. The van der Waals surface area contributed by atoms with Crippen LogP contribution in [0.4, 0.5) is 13.6 Å². The first-order valence-corrected chi connectivity index (χ1v) is 11.9. The smallest absolute Gasteiger partial charge is 0.410 e. The Morgan fingerprint density at radius 2 is 2.11 bits per heavy atom. The molecule has 3 aromatic rings. The summed E-state index contributed by atoms with van der Waals surface area (Å²) in [5.74, 6) is -1.08. The summed E-state index contributed by atoms with van der Waals surface area (Å²) in [5, 5.41) is 17.5. The molecule has 2 atom stereocenters. The summed E-state index contributed by atoms with van der Waals surface area (Å²) in [5.41, 5.74) is 0.874. The van der Waals surface area contributed by atoms with Crippen molar-refractivity contribution in [2.24, 2.45) is 0 Å². The molecule has 1 aromatic carbocycles. The van der Waals surface area contributed by atoms with E-state index in [-0.39, 0.29) is 54.0 Å². The van der Waals surface area contributed by atoms with Crippen molar-refractivity contribution in [2.45, 2.75) is 38.1 Å². The summed E-state index contributed by atoms with van der Waals surface area (Å²) in [4.78, 5) is 30.5. The number of pyridine rings is 1. The van der Waals surface area contributed by atoms with Crippen LogP contribution < -0.4 is 10.1 Å². The van der Waals surface area contributed by atoms with Gasteiger partial charge in [0.25, 0.3) is 5.91 Å². The molecule has 2 fully saturated rings. The summed E-state index contributed by atoms with van der Waals surface area (Å²) in [6.07, 6.45) is 2.48. The number of aromatic hydroxyl groups is 1. The number of nitrogens with one attached hydrogen (secondary N) is 1. The highest BCUT2D eigenvalue weighted by molar-refractivity contribution is 6.30. The molecule has 4 heterocycles. The summed E-state index contributed by atoms with van der Waals surface area (Å²) < 4.78 is 38.0. The lowest BCUT2D eigenvalue weighted by atomic mass is 10.0. The third kappa shape index (κ3) is 5.29. The van der Waals surface area contributed by atoms with Crippen molar-refractivity contribution < 1.29 is 33.0 Å². The fraction of sp³-hybridized carbons (Fsp3) is 0.333. The average molecular weight is 534 g/mol. The average Bonchev–Trinajstić information content (AvgIpc) is 3.52. The number of amides is 2. The van der Waals surface area contributed by atoms with Gasteiger partial charge >= 0.3 is 12.6 Å². The number of carbonyl (C=O) groups excluding carboxylic acids is 2. The van der Waals surface area contributed by atoms with Crippen molar-refractivity contribution in [3.8, 4) is 22.9 Å². The molecule has 5 rings (SSSR count). The van der Waals surface area contributed by atoms with E-state index in [2.05, 4.69) is 15.4 Å². The van der Waals surface area contributed by atoms with Crippen molar-refractivity contribution in [1.82, 2.24) is 25.0 Å². The van der Waals surface area contributed by atoms with Gasteiger partial charge in [0.15, 0.2) is 0 Å². The zero-order valence-electron chi connectivity index (χ0n) is 19.3. The number of cyclic esters (lactones) is 1. The van der Waals surface area contributed by atoms with E-state index >= 15 is 0 Å². The third-order valence-electron chi connectivity index (χ3n) is 6.25. The van der Waals surface area contributed by atoms with Crippen LogP contribution in [0.25, 0.3) is 11.3 Å². The number of fused-ring (bicyclic) bond motifs is 1. The van der Waals surface area contributed by atoms with Crippen LogP contribution in [-0.2, 0) is 11.3 Å². The molecule has 0 aliphatic carbocycles. The van der Waals surface area contributed by atoms with E-state index in [0.717, 1.165) is 11.8 Å². The number of hydrogen-bond acceptors (Lipinski definition) is 7. The molecule has 0 spiro atoms. The first-order valence-electron chi connectivity index (χ1n) is 11.5. The van der Waals surface area contributed by atoms with Gasteiger partial charge in [-0.1, -0.05) is 23.7 Å². The number of alkyl halides is 2.